The fourth-order valence-electron chi connectivity index (χ4n) is 4.32. The monoisotopic (exact) mass is 436 g/mol. The molecule has 0 radical (unpaired) electrons. The molecule has 0 amide bonds. The summed E-state index contributed by atoms with van der Waals surface area (Å²) in [5.74, 6) is 0. The van der Waals surface area contributed by atoms with Gasteiger partial charge in [0.05, 0.1) is 0 Å². The second kappa shape index (κ2) is 10.6. The van der Waals surface area contributed by atoms with Crippen LogP contribution in [0.25, 0.3) is 34.4 Å². The first-order valence-electron chi connectivity index (χ1n) is 11.9. The molecular formula is C34H28. The lowest BCUT2D eigenvalue weighted by molar-refractivity contribution is 1.31. The van der Waals surface area contributed by atoms with Crippen LogP contribution < -0.4 is 10.4 Å². The standard InChI is InChI=1S/C34H28/c1-4-11-27(12-5-1)19-20-29-22-24-31(23-21-28-13-6-2-7-14-28)34(25-29)33-18-10-17-32(26-33)30-15-8-3-9-16-30/h1-18,20,22-26H,19,21H2. The van der Waals surface area contributed by atoms with E-state index in [1.165, 1.54) is 43.8 Å². The van der Waals surface area contributed by atoms with Crippen molar-refractivity contribution in [2.45, 2.75) is 12.8 Å². The van der Waals surface area contributed by atoms with E-state index in [9.17, 15) is 0 Å². The van der Waals surface area contributed by atoms with Gasteiger partial charge in [-0.3, -0.25) is 0 Å². The molecule has 5 aromatic rings. The van der Waals surface area contributed by atoms with E-state index in [4.69, 9.17) is 0 Å². The normalized spacial score (nSPS) is 12.1. The first-order valence-corrected chi connectivity index (χ1v) is 11.9. The molecule has 0 bridgehead atoms. The van der Waals surface area contributed by atoms with E-state index in [1.54, 1.807) is 0 Å². The van der Waals surface area contributed by atoms with Gasteiger partial charge in [-0.2, -0.15) is 0 Å². The van der Waals surface area contributed by atoms with Crippen molar-refractivity contribution < 1.29 is 0 Å². The summed E-state index contributed by atoms with van der Waals surface area (Å²) < 4.78 is 0. The van der Waals surface area contributed by atoms with Gasteiger partial charge in [0.1, 0.15) is 0 Å². The lowest BCUT2D eigenvalue weighted by Gasteiger charge is -2.08. The molecule has 0 aliphatic heterocycles. The van der Waals surface area contributed by atoms with Gasteiger partial charge >= 0.3 is 0 Å². The van der Waals surface area contributed by atoms with Gasteiger partial charge in [-0.05, 0) is 68.8 Å². The molecule has 0 atom stereocenters. The van der Waals surface area contributed by atoms with Crippen LogP contribution in [0.15, 0.2) is 133 Å². The highest BCUT2D eigenvalue weighted by Crippen LogP contribution is 2.24. The minimum Gasteiger partial charge on any atom is -0.0728 e. The zero-order valence-electron chi connectivity index (χ0n) is 19.3. The summed E-state index contributed by atoms with van der Waals surface area (Å²) in [5.41, 5.74) is 7.66. The third-order valence-corrected chi connectivity index (χ3v) is 6.17. The highest BCUT2D eigenvalue weighted by atomic mass is 14.1. The summed E-state index contributed by atoms with van der Waals surface area (Å²) in [6.45, 7) is 0. The Bertz CT molecular complexity index is 1460. The summed E-state index contributed by atoms with van der Waals surface area (Å²) >= 11 is 0. The van der Waals surface area contributed by atoms with E-state index in [2.05, 4.69) is 146 Å². The third kappa shape index (κ3) is 5.42. The van der Waals surface area contributed by atoms with Gasteiger partial charge in [0.2, 0.25) is 0 Å². The van der Waals surface area contributed by atoms with Crippen molar-refractivity contribution >= 4 is 12.2 Å². The van der Waals surface area contributed by atoms with Crippen molar-refractivity contribution in [3.05, 3.63) is 155 Å². The minimum atomic E-state index is 0.916. The predicted molar refractivity (Wildman–Crippen MR) is 146 cm³/mol. The van der Waals surface area contributed by atoms with Gasteiger partial charge in [-0.1, -0.05) is 133 Å². The molecule has 5 aromatic carbocycles. The quantitative estimate of drug-likeness (QED) is 0.267. The van der Waals surface area contributed by atoms with E-state index in [1.807, 2.05) is 0 Å². The van der Waals surface area contributed by atoms with Gasteiger partial charge in [0.25, 0.3) is 0 Å². The van der Waals surface area contributed by atoms with Crippen molar-refractivity contribution in [1.82, 2.24) is 0 Å². The SMILES string of the molecule is C(Cc1ccccc1)=c1ccc(=CCc2ccccc2)c(-c2cccc(-c3ccccc3)c2)c1. The summed E-state index contributed by atoms with van der Waals surface area (Å²) in [6, 6.07) is 47.6. The maximum Gasteiger partial charge on any atom is -0.00882 e. The fraction of sp³-hybridized carbons (Fsp3) is 0.0588. The van der Waals surface area contributed by atoms with Crippen LogP contribution in [-0.2, 0) is 12.8 Å². The topological polar surface area (TPSA) is 0 Å². The summed E-state index contributed by atoms with van der Waals surface area (Å²) in [6.07, 6.45) is 6.51. The van der Waals surface area contributed by atoms with Crippen molar-refractivity contribution in [2.24, 2.45) is 0 Å². The lowest BCUT2D eigenvalue weighted by Crippen LogP contribution is -2.13. The second-order valence-electron chi connectivity index (χ2n) is 8.58. The van der Waals surface area contributed by atoms with Gasteiger partial charge in [0, 0.05) is 0 Å². The smallest absolute Gasteiger partial charge is 0.00882 e. The maximum atomic E-state index is 2.35. The van der Waals surface area contributed by atoms with E-state index in [0.29, 0.717) is 0 Å². The molecule has 0 aliphatic rings. The molecule has 0 saturated heterocycles. The Morgan fingerprint density at radius 2 is 0.971 bits per heavy atom. The highest BCUT2D eigenvalue weighted by molar-refractivity contribution is 5.74. The Morgan fingerprint density at radius 1 is 0.412 bits per heavy atom. The molecule has 0 fully saturated rings. The van der Waals surface area contributed by atoms with E-state index in [-0.39, 0.29) is 0 Å². The van der Waals surface area contributed by atoms with Crippen LogP contribution in [0.5, 0.6) is 0 Å². The van der Waals surface area contributed by atoms with Crippen LogP contribution in [0.1, 0.15) is 11.1 Å². The zero-order valence-corrected chi connectivity index (χ0v) is 19.3. The Morgan fingerprint density at radius 3 is 1.65 bits per heavy atom. The van der Waals surface area contributed by atoms with E-state index in [0.717, 1.165) is 12.8 Å². The second-order valence-corrected chi connectivity index (χ2v) is 8.58. The average Bonchev–Trinajstić information content (AvgIpc) is 2.93. The van der Waals surface area contributed by atoms with Crippen LogP contribution in [0.2, 0.25) is 0 Å². The van der Waals surface area contributed by atoms with Crippen molar-refractivity contribution in [3.63, 3.8) is 0 Å². The molecule has 0 spiro atoms. The molecule has 0 aromatic heterocycles. The lowest BCUT2D eigenvalue weighted by atomic mass is 9.96. The summed E-state index contributed by atoms with van der Waals surface area (Å²) in [7, 11) is 0. The van der Waals surface area contributed by atoms with Crippen LogP contribution in [0, 0.1) is 0 Å². The molecule has 0 N–H and O–H groups in total. The molecule has 164 valence electrons. The highest BCUT2D eigenvalue weighted by Gasteiger charge is 2.04. The Balaban J connectivity index is 1.57. The van der Waals surface area contributed by atoms with Gasteiger partial charge in [-0.25, -0.2) is 0 Å². The number of benzene rings is 5. The third-order valence-electron chi connectivity index (χ3n) is 6.17. The van der Waals surface area contributed by atoms with Crippen molar-refractivity contribution in [2.75, 3.05) is 0 Å². The molecule has 5 rings (SSSR count). The molecule has 34 heavy (non-hydrogen) atoms. The number of hydrogen-bond acceptors (Lipinski definition) is 0. The maximum absolute atomic E-state index is 2.35. The predicted octanol–water partition coefficient (Wildman–Crippen LogP) is 7.07. The molecule has 0 heteroatoms. The van der Waals surface area contributed by atoms with E-state index < -0.39 is 0 Å². The summed E-state index contributed by atoms with van der Waals surface area (Å²) in [5, 5.41) is 2.52. The van der Waals surface area contributed by atoms with Gasteiger partial charge in [0.15, 0.2) is 0 Å². The first kappa shape index (κ1) is 21.7. The molecule has 0 saturated carbocycles. The Labute approximate surface area is 202 Å². The van der Waals surface area contributed by atoms with Crippen LogP contribution in [0.3, 0.4) is 0 Å². The van der Waals surface area contributed by atoms with Gasteiger partial charge in [-0.15, -0.1) is 0 Å². The molecular weight excluding hydrogens is 408 g/mol. The van der Waals surface area contributed by atoms with Crippen molar-refractivity contribution in [1.29, 1.82) is 0 Å². The van der Waals surface area contributed by atoms with Crippen LogP contribution in [0.4, 0.5) is 0 Å². The largest absolute Gasteiger partial charge is 0.0728 e. The fourth-order valence-corrected chi connectivity index (χ4v) is 4.32. The number of rotatable bonds is 6. The van der Waals surface area contributed by atoms with Crippen molar-refractivity contribution in [3.8, 4) is 22.3 Å². The van der Waals surface area contributed by atoms with E-state index >= 15 is 0 Å². The van der Waals surface area contributed by atoms with Crippen LogP contribution in [-0.4, -0.2) is 0 Å². The molecule has 0 unspecified atom stereocenters. The Hall–Kier alpha value is -4.16. The molecule has 0 aliphatic carbocycles. The zero-order chi connectivity index (χ0) is 23.0. The molecule has 0 nitrogen and oxygen atoms in total. The van der Waals surface area contributed by atoms with Gasteiger partial charge < -0.3 is 0 Å². The summed E-state index contributed by atoms with van der Waals surface area (Å²) in [4.78, 5) is 0. The Kier molecular flexibility index (Phi) is 6.78. The molecule has 0 heterocycles. The first-order chi connectivity index (χ1) is 16.8. The van der Waals surface area contributed by atoms with Crippen LogP contribution >= 0.6 is 0 Å². The minimum absolute atomic E-state index is 0.916. The average molecular weight is 437 g/mol. The number of hydrogen-bond donors (Lipinski definition) is 0.